The first kappa shape index (κ1) is 13.8. The van der Waals surface area contributed by atoms with Crippen LogP contribution in [0.15, 0.2) is 30.3 Å². The van der Waals surface area contributed by atoms with Crippen LogP contribution in [0.3, 0.4) is 0 Å². The Labute approximate surface area is 114 Å². The van der Waals surface area contributed by atoms with E-state index in [0.29, 0.717) is 5.88 Å². The number of hydrogen-bond donors (Lipinski definition) is 1. The van der Waals surface area contributed by atoms with Gasteiger partial charge in [0.1, 0.15) is 0 Å². The summed E-state index contributed by atoms with van der Waals surface area (Å²) in [5.74, 6) is 0.604. The predicted molar refractivity (Wildman–Crippen MR) is 75.2 cm³/mol. The van der Waals surface area contributed by atoms with Crippen molar-refractivity contribution in [3.8, 4) is 0 Å². The zero-order valence-electron chi connectivity index (χ0n) is 10.6. The number of rotatable bonds is 6. The van der Waals surface area contributed by atoms with Crippen molar-refractivity contribution >= 4 is 11.6 Å². The topological polar surface area (TPSA) is 24.5 Å². The van der Waals surface area contributed by atoms with Crippen LogP contribution in [0.5, 0.6) is 0 Å². The minimum absolute atomic E-state index is 0.244. The maximum atomic E-state index is 6.03. The Hall–Kier alpha value is -0.610. The van der Waals surface area contributed by atoms with Crippen molar-refractivity contribution in [1.82, 2.24) is 10.2 Å². The summed E-state index contributed by atoms with van der Waals surface area (Å²) in [5.41, 5.74) is 1.26. The molecule has 1 atom stereocenters. The van der Waals surface area contributed by atoms with Gasteiger partial charge in [0.15, 0.2) is 0 Å². The third kappa shape index (κ3) is 4.25. The van der Waals surface area contributed by atoms with Crippen LogP contribution < -0.4 is 5.32 Å². The van der Waals surface area contributed by atoms with Gasteiger partial charge in [0.2, 0.25) is 0 Å². The van der Waals surface area contributed by atoms with Crippen molar-refractivity contribution in [3.63, 3.8) is 0 Å². The summed E-state index contributed by atoms with van der Waals surface area (Å²) in [4.78, 5) is 2.42. The fourth-order valence-corrected chi connectivity index (χ4v) is 2.46. The Bertz CT molecular complexity index is 328. The van der Waals surface area contributed by atoms with Gasteiger partial charge in [0.25, 0.3) is 0 Å². The van der Waals surface area contributed by atoms with E-state index < -0.39 is 0 Å². The molecular weight excluding hydrogens is 248 g/mol. The van der Waals surface area contributed by atoms with Crippen LogP contribution in [0, 0.1) is 0 Å². The molecule has 1 aromatic carbocycles. The Kier molecular flexibility index (Phi) is 5.94. The fraction of sp³-hybridized carbons (Fsp3) is 0.571. The van der Waals surface area contributed by atoms with Crippen molar-refractivity contribution in [2.24, 2.45) is 0 Å². The predicted octanol–water partition coefficient (Wildman–Crippen LogP) is 1.89. The van der Waals surface area contributed by atoms with Crippen molar-refractivity contribution in [2.45, 2.75) is 6.04 Å². The highest BCUT2D eigenvalue weighted by atomic mass is 35.5. The highest BCUT2D eigenvalue weighted by Gasteiger charge is 2.12. The largest absolute Gasteiger partial charge is 0.379 e. The average molecular weight is 269 g/mol. The van der Waals surface area contributed by atoms with Gasteiger partial charge in [-0.25, -0.2) is 0 Å². The second kappa shape index (κ2) is 7.74. The van der Waals surface area contributed by atoms with Crippen molar-refractivity contribution < 1.29 is 4.74 Å². The van der Waals surface area contributed by atoms with Crippen LogP contribution in [0.4, 0.5) is 0 Å². The number of benzene rings is 1. The second-order valence-electron chi connectivity index (χ2n) is 4.53. The van der Waals surface area contributed by atoms with Gasteiger partial charge in [-0.3, -0.25) is 4.90 Å². The van der Waals surface area contributed by atoms with Crippen molar-refractivity contribution in [2.75, 3.05) is 45.3 Å². The van der Waals surface area contributed by atoms with Gasteiger partial charge >= 0.3 is 0 Å². The minimum Gasteiger partial charge on any atom is -0.379 e. The summed E-state index contributed by atoms with van der Waals surface area (Å²) in [6, 6.07) is 10.6. The van der Waals surface area contributed by atoms with E-state index in [1.54, 1.807) is 0 Å². The normalized spacial score (nSPS) is 18.7. The molecule has 0 spiro atoms. The van der Waals surface area contributed by atoms with Gasteiger partial charge in [0.05, 0.1) is 13.2 Å². The number of halogens is 1. The Morgan fingerprint density at radius 1 is 1.22 bits per heavy atom. The van der Waals surface area contributed by atoms with Gasteiger partial charge in [-0.15, -0.1) is 11.6 Å². The van der Waals surface area contributed by atoms with E-state index in [4.69, 9.17) is 16.3 Å². The molecule has 18 heavy (non-hydrogen) atoms. The summed E-state index contributed by atoms with van der Waals surface area (Å²) in [7, 11) is 0. The van der Waals surface area contributed by atoms with E-state index in [9.17, 15) is 0 Å². The molecular formula is C14H21ClN2O. The van der Waals surface area contributed by atoms with Gasteiger partial charge in [-0.05, 0) is 5.56 Å². The lowest BCUT2D eigenvalue weighted by molar-refractivity contribution is 0.0382. The summed E-state index contributed by atoms with van der Waals surface area (Å²) in [5, 5.41) is 3.52. The van der Waals surface area contributed by atoms with E-state index in [-0.39, 0.29) is 6.04 Å². The number of alkyl halides is 1. The second-order valence-corrected chi connectivity index (χ2v) is 4.83. The zero-order valence-corrected chi connectivity index (χ0v) is 11.4. The molecule has 1 saturated heterocycles. The molecule has 1 unspecified atom stereocenters. The minimum atomic E-state index is 0.244. The molecule has 1 aliphatic rings. The highest BCUT2D eigenvalue weighted by Crippen LogP contribution is 2.13. The smallest absolute Gasteiger partial charge is 0.0594 e. The molecule has 1 N–H and O–H groups in total. The quantitative estimate of drug-likeness (QED) is 0.798. The molecule has 1 aromatic rings. The Morgan fingerprint density at radius 3 is 2.61 bits per heavy atom. The summed E-state index contributed by atoms with van der Waals surface area (Å²) in [6.45, 7) is 5.82. The number of ether oxygens (including phenoxy) is 1. The number of morpholine rings is 1. The van der Waals surface area contributed by atoms with E-state index in [2.05, 4.69) is 34.5 Å². The SMILES string of the molecule is ClCC(NCCN1CCOCC1)c1ccccc1. The number of nitrogens with one attached hydrogen (secondary N) is 1. The molecule has 4 heteroatoms. The first-order chi connectivity index (χ1) is 8.90. The molecule has 2 rings (SSSR count). The lowest BCUT2D eigenvalue weighted by Crippen LogP contribution is -2.41. The lowest BCUT2D eigenvalue weighted by Gasteiger charge is -2.27. The molecule has 0 radical (unpaired) electrons. The average Bonchev–Trinajstić information content (AvgIpc) is 2.46. The highest BCUT2D eigenvalue weighted by molar-refractivity contribution is 6.18. The summed E-state index contributed by atoms with van der Waals surface area (Å²) >= 11 is 6.03. The zero-order chi connectivity index (χ0) is 12.6. The van der Waals surface area contributed by atoms with Crippen LogP contribution >= 0.6 is 11.6 Å². The van der Waals surface area contributed by atoms with Crippen LogP contribution in [-0.4, -0.2) is 50.2 Å². The Balaban J connectivity index is 1.73. The van der Waals surface area contributed by atoms with Crippen molar-refractivity contribution in [1.29, 1.82) is 0 Å². The fourth-order valence-electron chi connectivity index (χ4n) is 2.17. The maximum absolute atomic E-state index is 6.03. The summed E-state index contributed by atoms with van der Waals surface area (Å²) < 4.78 is 5.33. The molecule has 0 aliphatic carbocycles. The van der Waals surface area contributed by atoms with Gasteiger partial charge in [0, 0.05) is 38.1 Å². The molecule has 100 valence electrons. The molecule has 3 nitrogen and oxygen atoms in total. The number of nitrogens with zero attached hydrogens (tertiary/aromatic N) is 1. The van der Waals surface area contributed by atoms with E-state index in [1.165, 1.54) is 5.56 Å². The van der Waals surface area contributed by atoms with Crippen LogP contribution in [0.25, 0.3) is 0 Å². The van der Waals surface area contributed by atoms with E-state index >= 15 is 0 Å². The van der Waals surface area contributed by atoms with Gasteiger partial charge < -0.3 is 10.1 Å². The number of hydrogen-bond acceptors (Lipinski definition) is 3. The third-order valence-electron chi connectivity index (χ3n) is 3.28. The van der Waals surface area contributed by atoms with Crippen LogP contribution in [-0.2, 0) is 4.74 Å². The monoisotopic (exact) mass is 268 g/mol. The molecule has 0 amide bonds. The molecule has 1 heterocycles. The molecule has 1 fully saturated rings. The first-order valence-corrected chi connectivity index (χ1v) is 7.08. The lowest BCUT2D eigenvalue weighted by atomic mass is 10.1. The molecule has 0 aromatic heterocycles. The third-order valence-corrected chi connectivity index (χ3v) is 3.59. The molecule has 0 saturated carbocycles. The molecule has 0 bridgehead atoms. The van der Waals surface area contributed by atoms with Gasteiger partial charge in [-0.2, -0.15) is 0 Å². The van der Waals surface area contributed by atoms with E-state index in [1.807, 2.05) is 6.07 Å². The first-order valence-electron chi connectivity index (χ1n) is 6.54. The molecule has 1 aliphatic heterocycles. The summed E-state index contributed by atoms with van der Waals surface area (Å²) in [6.07, 6.45) is 0. The standard InChI is InChI=1S/C14H21ClN2O/c15-12-14(13-4-2-1-3-5-13)16-6-7-17-8-10-18-11-9-17/h1-5,14,16H,6-12H2. The van der Waals surface area contributed by atoms with Crippen LogP contribution in [0.2, 0.25) is 0 Å². The maximum Gasteiger partial charge on any atom is 0.0594 e. The van der Waals surface area contributed by atoms with Crippen LogP contribution in [0.1, 0.15) is 11.6 Å². The van der Waals surface area contributed by atoms with Gasteiger partial charge in [-0.1, -0.05) is 30.3 Å². The van der Waals surface area contributed by atoms with E-state index in [0.717, 1.165) is 39.4 Å². The Morgan fingerprint density at radius 2 is 1.94 bits per heavy atom. The van der Waals surface area contributed by atoms with Crippen molar-refractivity contribution in [3.05, 3.63) is 35.9 Å².